The zero-order valence-corrected chi connectivity index (χ0v) is 8.60. The molecule has 0 aromatic heterocycles. The number of ether oxygens (including phenoxy) is 1. The molecule has 0 spiro atoms. The molecule has 12 heavy (non-hydrogen) atoms. The molecule has 66 valence electrons. The van der Waals surface area contributed by atoms with Gasteiger partial charge in [-0.15, -0.1) is 0 Å². The fourth-order valence-electron chi connectivity index (χ4n) is 0.960. The van der Waals surface area contributed by atoms with Crippen LogP contribution in [-0.2, 0) is 0 Å². The van der Waals surface area contributed by atoms with Gasteiger partial charge in [-0.3, -0.25) is 0 Å². The average molecular weight is 230 g/mol. The van der Waals surface area contributed by atoms with Gasteiger partial charge in [0.15, 0.2) is 0 Å². The van der Waals surface area contributed by atoms with Gasteiger partial charge in [0.2, 0.25) is 0 Å². The van der Waals surface area contributed by atoms with Crippen LogP contribution in [0.15, 0.2) is 22.7 Å². The number of aryl methyl sites for hydroxylation is 1. The van der Waals surface area contributed by atoms with Crippen molar-refractivity contribution in [2.45, 2.75) is 6.92 Å². The predicted molar refractivity (Wildman–Crippen MR) is 53.4 cm³/mol. The van der Waals surface area contributed by atoms with Crippen LogP contribution in [0.25, 0.3) is 0 Å². The number of hydrogen-bond donors (Lipinski definition) is 1. The molecule has 0 saturated heterocycles. The first kappa shape index (κ1) is 9.55. The van der Waals surface area contributed by atoms with Crippen LogP contribution in [0.1, 0.15) is 5.56 Å². The van der Waals surface area contributed by atoms with Gasteiger partial charge in [-0.05, 0) is 34.5 Å². The number of halogens is 1. The Balaban J connectivity index is 2.81. The molecule has 0 aliphatic rings. The van der Waals surface area contributed by atoms with Gasteiger partial charge in [-0.2, -0.15) is 0 Å². The van der Waals surface area contributed by atoms with Crippen molar-refractivity contribution in [2.75, 3.05) is 13.2 Å². The van der Waals surface area contributed by atoms with Crippen molar-refractivity contribution in [3.05, 3.63) is 28.2 Å². The smallest absolute Gasteiger partial charge is 0.136 e. The number of para-hydroxylation sites is 1. The predicted octanol–water partition coefficient (Wildman–Crippen LogP) is 2.10. The van der Waals surface area contributed by atoms with Crippen molar-refractivity contribution < 1.29 is 4.74 Å². The summed E-state index contributed by atoms with van der Waals surface area (Å²) in [5.74, 6) is 0.892. The van der Waals surface area contributed by atoms with Gasteiger partial charge in [0.1, 0.15) is 12.4 Å². The van der Waals surface area contributed by atoms with Gasteiger partial charge in [0.25, 0.3) is 0 Å². The Morgan fingerprint density at radius 3 is 2.83 bits per heavy atom. The molecule has 1 aromatic carbocycles. The summed E-state index contributed by atoms with van der Waals surface area (Å²) < 4.78 is 6.43. The average Bonchev–Trinajstić information content (AvgIpc) is 2.04. The van der Waals surface area contributed by atoms with E-state index in [1.54, 1.807) is 0 Å². The highest BCUT2D eigenvalue weighted by molar-refractivity contribution is 9.10. The molecule has 0 atom stereocenters. The summed E-state index contributed by atoms with van der Waals surface area (Å²) in [5.41, 5.74) is 6.46. The van der Waals surface area contributed by atoms with E-state index in [0.29, 0.717) is 13.2 Å². The SMILES string of the molecule is Cc1cccc(Br)c1OCCN. The summed E-state index contributed by atoms with van der Waals surface area (Å²) in [4.78, 5) is 0. The van der Waals surface area contributed by atoms with E-state index < -0.39 is 0 Å². The first-order valence-electron chi connectivity index (χ1n) is 3.83. The van der Waals surface area contributed by atoms with Gasteiger partial charge < -0.3 is 10.5 Å². The van der Waals surface area contributed by atoms with Gasteiger partial charge >= 0.3 is 0 Å². The van der Waals surface area contributed by atoms with Crippen LogP contribution in [0, 0.1) is 6.92 Å². The topological polar surface area (TPSA) is 35.2 Å². The summed E-state index contributed by atoms with van der Waals surface area (Å²) in [5, 5.41) is 0. The first-order valence-corrected chi connectivity index (χ1v) is 4.63. The number of benzene rings is 1. The first-order chi connectivity index (χ1) is 5.75. The highest BCUT2D eigenvalue weighted by atomic mass is 79.9. The Bertz CT molecular complexity index is 242. The summed E-state index contributed by atoms with van der Waals surface area (Å²) in [6.07, 6.45) is 0. The molecule has 0 unspecified atom stereocenters. The molecule has 0 heterocycles. The molecular weight excluding hydrogens is 218 g/mol. The second kappa shape index (κ2) is 4.48. The molecule has 0 aliphatic heterocycles. The monoisotopic (exact) mass is 229 g/mol. The number of hydrogen-bond acceptors (Lipinski definition) is 2. The van der Waals surface area contributed by atoms with Crippen molar-refractivity contribution in [1.82, 2.24) is 0 Å². The van der Waals surface area contributed by atoms with E-state index in [-0.39, 0.29) is 0 Å². The van der Waals surface area contributed by atoms with Gasteiger partial charge in [-0.25, -0.2) is 0 Å². The summed E-state index contributed by atoms with van der Waals surface area (Å²) in [6, 6.07) is 5.95. The van der Waals surface area contributed by atoms with Crippen molar-refractivity contribution in [1.29, 1.82) is 0 Å². The van der Waals surface area contributed by atoms with E-state index in [2.05, 4.69) is 15.9 Å². The molecule has 1 aromatic rings. The standard InChI is InChI=1S/C9H12BrNO/c1-7-3-2-4-8(10)9(7)12-6-5-11/h2-4H,5-6,11H2,1H3. The molecule has 2 N–H and O–H groups in total. The van der Waals surface area contributed by atoms with E-state index in [1.807, 2.05) is 25.1 Å². The maximum absolute atomic E-state index is 5.44. The lowest BCUT2D eigenvalue weighted by Gasteiger charge is -2.09. The molecule has 2 nitrogen and oxygen atoms in total. The second-order valence-corrected chi connectivity index (χ2v) is 3.38. The van der Waals surface area contributed by atoms with Crippen molar-refractivity contribution in [3.8, 4) is 5.75 Å². The Labute approximate surface area is 80.8 Å². The zero-order valence-electron chi connectivity index (χ0n) is 7.01. The quantitative estimate of drug-likeness (QED) is 0.862. The number of rotatable bonds is 3. The third-order valence-electron chi connectivity index (χ3n) is 1.53. The normalized spacial score (nSPS) is 9.92. The molecule has 3 heteroatoms. The van der Waals surface area contributed by atoms with Crippen LogP contribution in [0.5, 0.6) is 5.75 Å². The molecule has 0 fully saturated rings. The van der Waals surface area contributed by atoms with Crippen LogP contribution in [0.3, 0.4) is 0 Å². The molecule has 0 radical (unpaired) electrons. The zero-order chi connectivity index (χ0) is 8.97. The van der Waals surface area contributed by atoms with Gasteiger partial charge in [0, 0.05) is 6.54 Å². The van der Waals surface area contributed by atoms with E-state index >= 15 is 0 Å². The molecular formula is C9H12BrNO. The van der Waals surface area contributed by atoms with E-state index in [0.717, 1.165) is 15.8 Å². The largest absolute Gasteiger partial charge is 0.491 e. The minimum absolute atomic E-state index is 0.542. The van der Waals surface area contributed by atoms with Crippen LogP contribution < -0.4 is 10.5 Å². The lowest BCUT2D eigenvalue weighted by molar-refractivity contribution is 0.324. The van der Waals surface area contributed by atoms with Crippen LogP contribution in [-0.4, -0.2) is 13.2 Å². The molecule has 0 amide bonds. The minimum atomic E-state index is 0.542. The summed E-state index contributed by atoms with van der Waals surface area (Å²) in [7, 11) is 0. The maximum atomic E-state index is 5.44. The highest BCUT2D eigenvalue weighted by Crippen LogP contribution is 2.27. The fraction of sp³-hybridized carbons (Fsp3) is 0.333. The van der Waals surface area contributed by atoms with E-state index in [9.17, 15) is 0 Å². The Kier molecular flexibility index (Phi) is 3.56. The molecule has 0 bridgehead atoms. The summed E-state index contributed by atoms with van der Waals surface area (Å²) >= 11 is 3.41. The van der Waals surface area contributed by atoms with Crippen LogP contribution in [0.2, 0.25) is 0 Å². The van der Waals surface area contributed by atoms with Gasteiger partial charge in [-0.1, -0.05) is 12.1 Å². The van der Waals surface area contributed by atoms with Crippen molar-refractivity contribution >= 4 is 15.9 Å². The van der Waals surface area contributed by atoms with Gasteiger partial charge in [0.05, 0.1) is 4.47 Å². The Morgan fingerprint density at radius 1 is 1.50 bits per heavy atom. The van der Waals surface area contributed by atoms with Crippen molar-refractivity contribution in [2.24, 2.45) is 5.73 Å². The second-order valence-electron chi connectivity index (χ2n) is 2.52. The fourth-order valence-corrected chi connectivity index (χ4v) is 1.54. The minimum Gasteiger partial charge on any atom is -0.491 e. The Morgan fingerprint density at radius 2 is 2.25 bits per heavy atom. The highest BCUT2D eigenvalue weighted by Gasteiger charge is 2.02. The molecule has 0 saturated carbocycles. The van der Waals surface area contributed by atoms with Crippen LogP contribution >= 0.6 is 15.9 Å². The molecule has 0 aliphatic carbocycles. The molecule has 1 rings (SSSR count). The maximum Gasteiger partial charge on any atom is 0.136 e. The Hall–Kier alpha value is -0.540. The van der Waals surface area contributed by atoms with E-state index in [4.69, 9.17) is 10.5 Å². The lowest BCUT2D eigenvalue weighted by atomic mass is 10.2. The lowest BCUT2D eigenvalue weighted by Crippen LogP contribution is -2.11. The third kappa shape index (κ3) is 2.22. The third-order valence-corrected chi connectivity index (χ3v) is 2.15. The van der Waals surface area contributed by atoms with Crippen molar-refractivity contribution in [3.63, 3.8) is 0 Å². The summed E-state index contributed by atoms with van der Waals surface area (Å²) in [6.45, 7) is 3.11. The number of nitrogens with two attached hydrogens (primary N) is 1. The van der Waals surface area contributed by atoms with E-state index in [1.165, 1.54) is 0 Å². The van der Waals surface area contributed by atoms with Crippen LogP contribution in [0.4, 0.5) is 0 Å².